The van der Waals surface area contributed by atoms with E-state index in [0.717, 1.165) is 0 Å². The molecule has 0 saturated heterocycles. The Hall–Kier alpha value is -1.13. The van der Waals surface area contributed by atoms with Gasteiger partial charge in [-0.25, -0.2) is 8.57 Å². The van der Waals surface area contributed by atoms with Gasteiger partial charge in [-0.1, -0.05) is 38.1 Å². The number of hydrogen-bond acceptors (Lipinski definition) is 3. The molecule has 18 heavy (non-hydrogen) atoms. The smallest absolute Gasteiger partial charge is 0.0963 e. The highest BCUT2D eigenvalue weighted by molar-refractivity contribution is 7.96. The first-order valence-corrected chi connectivity index (χ1v) is 7.68. The van der Waals surface area contributed by atoms with E-state index in [2.05, 4.69) is 4.36 Å². The van der Waals surface area contributed by atoms with Crippen LogP contribution in [0.4, 0.5) is 0 Å². The SMILES string of the molecule is CC[C@H](O)[C@H](C)/C=C\S(=O)(=NC)c1ccccc1. The molecule has 0 heterocycles. The van der Waals surface area contributed by atoms with Crippen LogP contribution >= 0.6 is 0 Å². The molecule has 0 fully saturated rings. The van der Waals surface area contributed by atoms with Crippen LogP contribution in [0.25, 0.3) is 0 Å². The van der Waals surface area contributed by atoms with E-state index in [-0.39, 0.29) is 5.92 Å². The van der Waals surface area contributed by atoms with Crippen LogP contribution in [0.15, 0.2) is 51.1 Å². The van der Waals surface area contributed by atoms with Crippen molar-refractivity contribution in [3.05, 3.63) is 41.8 Å². The van der Waals surface area contributed by atoms with Crippen LogP contribution < -0.4 is 0 Å². The summed E-state index contributed by atoms with van der Waals surface area (Å²) in [6.07, 6.45) is 2.06. The Bertz CT molecular complexity index is 502. The third-order valence-electron chi connectivity index (χ3n) is 2.94. The van der Waals surface area contributed by atoms with E-state index in [4.69, 9.17) is 0 Å². The average Bonchev–Trinajstić information content (AvgIpc) is 2.44. The van der Waals surface area contributed by atoms with Crippen molar-refractivity contribution in [1.82, 2.24) is 0 Å². The maximum Gasteiger partial charge on any atom is 0.0963 e. The van der Waals surface area contributed by atoms with E-state index >= 15 is 0 Å². The summed E-state index contributed by atoms with van der Waals surface area (Å²) in [5.41, 5.74) is 0. The Morgan fingerprint density at radius 1 is 1.39 bits per heavy atom. The molecule has 3 nitrogen and oxygen atoms in total. The highest BCUT2D eigenvalue weighted by Gasteiger charge is 2.11. The van der Waals surface area contributed by atoms with E-state index in [1.807, 2.05) is 32.0 Å². The quantitative estimate of drug-likeness (QED) is 0.891. The Morgan fingerprint density at radius 3 is 2.50 bits per heavy atom. The van der Waals surface area contributed by atoms with Gasteiger partial charge in [-0.15, -0.1) is 0 Å². The zero-order valence-corrected chi connectivity index (χ0v) is 11.9. The molecule has 1 unspecified atom stereocenters. The summed E-state index contributed by atoms with van der Waals surface area (Å²) < 4.78 is 16.6. The molecule has 0 bridgehead atoms. The standard InChI is InChI=1S/C14H21NO2S/c1-4-14(16)12(2)10-11-18(17,15-3)13-8-6-5-7-9-13/h5-12,14,16H,4H2,1-3H3/b11-10-/t12-,14+,18?/m1/s1. The van der Waals surface area contributed by atoms with E-state index in [1.54, 1.807) is 30.7 Å². The maximum absolute atomic E-state index is 12.6. The van der Waals surface area contributed by atoms with Gasteiger partial charge < -0.3 is 5.11 Å². The lowest BCUT2D eigenvalue weighted by Crippen LogP contribution is -2.14. The zero-order chi connectivity index (χ0) is 13.6. The maximum atomic E-state index is 12.6. The van der Waals surface area contributed by atoms with E-state index in [0.29, 0.717) is 11.3 Å². The Kier molecular flexibility index (Phi) is 5.56. The molecule has 1 rings (SSSR count). The molecule has 1 N–H and O–H groups in total. The van der Waals surface area contributed by atoms with E-state index in [1.165, 1.54) is 0 Å². The summed E-state index contributed by atoms with van der Waals surface area (Å²) in [5, 5.41) is 11.3. The molecule has 4 heteroatoms. The second kappa shape index (κ2) is 6.71. The van der Waals surface area contributed by atoms with E-state index < -0.39 is 15.8 Å². The second-order valence-electron chi connectivity index (χ2n) is 4.23. The van der Waals surface area contributed by atoms with Crippen LogP contribution in [0.1, 0.15) is 20.3 Å². The van der Waals surface area contributed by atoms with Crippen LogP contribution in [0.3, 0.4) is 0 Å². The van der Waals surface area contributed by atoms with Crippen molar-refractivity contribution in [2.75, 3.05) is 7.05 Å². The molecular formula is C14H21NO2S. The van der Waals surface area contributed by atoms with Crippen molar-refractivity contribution in [2.45, 2.75) is 31.3 Å². The molecule has 0 aliphatic rings. The van der Waals surface area contributed by atoms with Crippen LogP contribution in [0.2, 0.25) is 0 Å². The lowest BCUT2D eigenvalue weighted by molar-refractivity contribution is 0.134. The number of rotatable bonds is 5. The highest BCUT2D eigenvalue weighted by atomic mass is 32.2. The fourth-order valence-corrected chi connectivity index (χ4v) is 3.09. The molecule has 3 atom stereocenters. The van der Waals surface area contributed by atoms with Crippen molar-refractivity contribution in [3.8, 4) is 0 Å². The highest BCUT2D eigenvalue weighted by Crippen LogP contribution is 2.17. The number of aliphatic hydroxyl groups is 1. The minimum Gasteiger partial charge on any atom is -0.393 e. The normalized spacial score (nSPS) is 18.2. The molecule has 0 spiro atoms. The minimum atomic E-state index is -2.51. The molecule has 100 valence electrons. The predicted octanol–water partition coefficient (Wildman–Crippen LogP) is 3.06. The summed E-state index contributed by atoms with van der Waals surface area (Å²) in [5.74, 6) is -0.0266. The van der Waals surface area contributed by atoms with Gasteiger partial charge in [0.25, 0.3) is 0 Å². The van der Waals surface area contributed by atoms with Crippen LogP contribution in [-0.2, 0) is 9.73 Å². The molecule has 1 aromatic rings. The number of aliphatic hydroxyl groups excluding tert-OH is 1. The molecule has 0 radical (unpaired) electrons. The van der Waals surface area contributed by atoms with Crippen molar-refractivity contribution < 1.29 is 9.32 Å². The third kappa shape index (κ3) is 3.68. The Morgan fingerprint density at radius 2 is 2.00 bits per heavy atom. The molecule has 0 aliphatic carbocycles. The number of benzene rings is 1. The third-order valence-corrected chi connectivity index (χ3v) is 4.96. The van der Waals surface area contributed by atoms with Gasteiger partial charge in [0, 0.05) is 18.4 Å². The Labute approximate surface area is 110 Å². The van der Waals surface area contributed by atoms with Gasteiger partial charge in [-0.05, 0) is 18.6 Å². The summed E-state index contributed by atoms with van der Waals surface area (Å²) in [7, 11) is -0.953. The zero-order valence-electron chi connectivity index (χ0n) is 11.1. The lowest BCUT2D eigenvalue weighted by Gasteiger charge is -2.13. The van der Waals surface area contributed by atoms with Gasteiger partial charge in [0.05, 0.1) is 20.7 Å². The molecular weight excluding hydrogens is 246 g/mol. The first kappa shape index (κ1) is 14.9. The largest absolute Gasteiger partial charge is 0.393 e. The molecule has 0 amide bonds. The summed E-state index contributed by atoms with van der Waals surface area (Å²) >= 11 is 0. The summed E-state index contributed by atoms with van der Waals surface area (Å²) in [4.78, 5) is 0.696. The first-order chi connectivity index (χ1) is 8.53. The number of hydrogen-bond donors (Lipinski definition) is 1. The molecule has 0 aromatic heterocycles. The van der Waals surface area contributed by atoms with Gasteiger partial charge in [-0.3, -0.25) is 0 Å². The van der Waals surface area contributed by atoms with Crippen LogP contribution in [0, 0.1) is 5.92 Å². The number of nitrogens with zero attached hydrogens (tertiary/aromatic N) is 1. The van der Waals surface area contributed by atoms with Crippen LogP contribution in [0.5, 0.6) is 0 Å². The summed E-state index contributed by atoms with van der Waals surface area (Å²) in [6.45, 7) is 3.83. The molecule has 0 saturated carbocycles. The monoisotopic (exact) mass is 267 g/mol. The van der Waals surface area contributed by atoms with Gasteiger partial charge in [-0.2, -0.15) is 0 Å². The lowest BCUT2D eigenvalue weighted by atomic mass is 10.0. The second-order valence-corrected chi connectivity index (χ2v) is 6.47. The van der Waals surface area contributed by atoms with Gasteiger partial charge >= 0.3 is 0 Å². The predicted molar refractivity (Wildman–Crippen MR) is 75.8 cm³/mol. The topological polar surface area (TPSA) is 49.7 Å². The fourth-order valence-electron chi connectivity index (χ4n) is 1.59. The van der Waals surface area contributed by atoms with Crippen molar-refractivity contribution >= 4 is 9.73 Å². The molecule has 1 aromatic carbocycles. The first-order valence-electron chi connectivity index (χ1n) is 6.10. The molecule has 0 aliphatic heterocycles. The van der Waals surface area contributed by atoms with Gasteiger partial charge in [0.2, 0.25) is 0 Å². The van der Waals surface area contributed by atoms with Gasteiger partial charge in [0.15, 0.2) is 0 Å². The van der Waals surface area contributed by atoms with Crippen LogP contribution in [-0.4, -0.2) is 22.5 Å². The van der Waals surface area contributed by atoms with Crippen molar-refractivity contribution in [1.29, 1.82) is 0 Å². The summed E-state index contributed by atoms with van der Waals surface area (Å²) in [6, 6.07) is 9.18. The minimum absolute atomic E-state index is 0.0266. The average molecular weight is 267 g/mol. The fraction of sp³-hybridized carbons (Fsp3) is 0.429. The Balaban J connectivity index is 3.00. The van der Waals surface area contributed by atoms with E-state index in [9.17, 15) is 9.32 Å². The van der Waals surface area contributed by atoms with Crippen molar-refractivity contribution in [2.24, 2.45) is 10.3 Å². The van der Waals surface area contributed by atoms with Gasteiger partial charge in [0.1, 0.15) is 0 Å². The van der Waals surface area contributed by atoms with Crippen molar-refractivity contribution in [3.63, 3.8) is 0 Å².